The van der Waals surface area contributed by atoms with E-state index in [1.165, 1.54) is 0 Å². The van der Waals surface area contributed by atoms with Crippen LogP contribution in [-0.4, -0.2) is 27.8 Å². The highest BCUT2D eigenvalue weighted by Crippen LogP contribution is 2.26. The van der Waals surface area contributed by atoms with Crippen molar-refractivity contribution in [1.29, 1.82) is 0 Å². The van der Waals surface area contributed by atoms with E-state index in [-0.39, 0.29) is 6.10 Å². The first-order valence-corrected chi connectivity index (χ1v) is 3.75. The summed E-state index contributed by atoms with van der Waals surface area (Å²) in [5.74, 6) is -0.954. The van der Waals surface area contributed by atoms with Crippen molar-refractivity contribution in [2.75, 3.05) is 0 Å². The maximum atomic E-state index is 10.6. The van der Waals surface area contributed by atoms with Gasteiger partial charge in [-0.3, -0.25) is 4.79 Å². The molecule has 1 fully saturated rings. The fourth-order valence-corrected chi connectivity index (χ4v) is 1.33. The van der Waals surface area contributed by atoms with Crippen molar-refractivity contribution in [1.82, 2.24) is 0 Å². The van der Waals surface area contributed by atoms with Crippen LogP contribution < -0.4 is 5.73 Å². The molecule has 0 aliphatic heterocycles. The first kappa shape index (κ1) is 8.49. The number of aliphatic hydroxyl groups excluding tert-OH is 1. The number of aliphatic carboxylic acids is 1. The Morgan fingerprint density at radius 2 is 1.91 bits per heavy atom. The first-order chi connectivity index (χ1) is 5.04. The second kappa shape index (κ2) is 2.79. The summed E-state index contributed by atoms with van der Waals surface area (Å²) in [6.45, 7) is 0. The molecular weight excluding hydrogens is 146 g/mol. The van der Waals surface area contributed by atoms with Crippen LogP contribution >= 0.6 is 0 Å². The molecule has 0 unspecified atom stereocenters. The third kappa shape index (κ3) is 1.70. The Labute approximate surface area is 65.0 Å². The molecule has 0 radical (unpaired) electrons. The largest absolute Gasteiger partial charge is 0.480 e. The minimum absolute atomic E-state index is 0.356. The van der Waals surface area contributed by atoms with E-state index < -0.39 is 11.5 Å². The molecule has 64 valence electrons. The van der Waals surface area contributed by atoms with Gasteiger partial charge in [-0.1, -0.05) is 0 Å². The smallest absolute Gasteiger partial charge is 0.323 e. The predicted octanol–water partition coefficient (Wildman–Crippen LogP) is -0.297. The average Bonchev–Trinajstić information content (AvgIpc) is 1.95. The monoisotopic (exact) mass is 159 g/mol. The van der Waals surface area contributed by atoms with E-state index in [0.717, 1.165) is 0 Å². The molecule has 0 aromatic rings. The summed E-state index contributed by atoms with van der Waals surface area (Å²) in [7, 11) is 0. The van der Waals surface area contributed by atoms with Gasteiger partial charge in [-0.05, 0) is 25.7 Å². The van der Waals surface area contributed by atoms with Crippen LogP contribution in [0.4, 0.5) is 0 Å². The molecule has 0 heterocycles. The molecule has 4 N–H and O–H groups in total. The van der Waals surface area contributed by atoms with Gasteiger partial charge in [0.15, 0.2) is 0 Å². The van der Waals surface area contributed by atoms with Gasteiger partial charge in [-0.25, -0.2) is 0 Å². The van der Waals surface area contributed by atoms with Crippen molar-refractivity contribution in [2.45, 2.75) is 37.3 Å². The van der Waals surface area contributed by atoms with Gasteiger partial charge in [-0.2, -0.15) is 0 Å². The molecule has 1 saturated carbocycles. The van der Waals surface area contributed by atoms with E-state index in [2.05, 4.69) is 0 Å². The molecule has 0 amide bonds. The molecule has 0 bridgehead atoms. The Hall–Kier alpha value is -0.610. The Morgan fingerprint density at radius 1 is 1.45 bits per heavy atom. The molecular formula is C7H13NO3. The van der Waals surface area contributed by atoms with Gasteiger partial charge < -0.3 is 15.9 Å². The zero-order valence-electron chi connectivity index (χ0n) is 6.29. The highest BCUT2D eigenvalue weighted by atomic mass is 16.4. The second-order valence-corrected chi connectivity index (χ2v) is 3.19. The van der Waals surface area contributed by atoms with Crippen LogP contribution in [0.1, 0.15) is 25.7 Å². The SMILES string of the molecule is N[C@]1(C(=O)O)CC[C@H](O)CC1. The van der Waals surface area contributed by atoms with Crippen LogP contribution in [0.15, 0.2) is 0 Å². The predicted molar refractivity (Wildman–Crippen MR) is 39.0 cm³/mol. The molecule has 1 rings (SSSR count). The van der Waals surface area contributed by atoms with Gasteiger partial charge in [0.25, 0.3) is 0 Å². The van der Waals surface area contributed by atoms with Gasteiger partial charge in [0, 0.05) is 0 Å². The van der Waals surface area contributed by atoms with Gasteiger partial charge >= 0.3 is 5.97 Å². The molecule has 4 nitrogen and oxygen atoms in total. The summed E-state index contributed by atoms with van der Waals surface area (Å²) < 4.78 is 0. The first-order valence-electron chi connectivity index (χ1n) is 3.75. The van der Waals surface area contributed by atoms with Crippen molar-refractivity contribution in [3.05, 3.63) is 0 Å². The number of aliphatic hydroxyl groups is 1. The Kier molecular flexibility index (Phi) is 2.15. The van der Waals surface area contributed by atoms with Crippen LogP contribution in [0.3, 0.4) is 0 Å². The molecule has 0 spiro atoms. The van der Waals surface area contributed by atoms with Crippen molar-refractivity contribution < 1.29 is 15.0 Å². The van der Waals surface area contributed by atoms with Crippen molar-refractivity contribution >= 4 is 5.97 Å². The Balaban J connectivity index is 2.55. The third-order valence-electron chi connectivity index (χ3n) is 2.27. The lowest BCUT2D eigenvalue weighted by atomic mass is 9.81. The number of hydrogen-bond acceptors (Lipinski definition) is 3. The average molecular weight is 159 g/mol. The summed E-state index contributed by atoms with van der Waals surface area (Å²) >= 11 is 0. The van der Waals surface area contributed by atoms with Crippen LogP contribution in [0, 0.1) is 0 Å². The summed E-state index contributed by atoms with van der Waals surface area (Å²) in [6, 6.07) is 0. The van der Waals surface area contributed by atoms with Crippen LogP contribution in [0.2, 0.25) is 0 Å². The maximum Gasteiger partial charge on any atom is 0.323 e. The van der Waals surface area contributed by atoms with Crippen molar-refractivity contribution in [3.8, 4) is 0 Å². The lowest BCUT2D eigenvalue weighted by Gasteiger charge is -2.31. The summed E-state index contributed by atoms with van der Waals surface area (Å²) in [4.78, 5) is 10.6. The molecule has 1 aliphatic carbocycles. The number of hydrogen-bond donors (Lipinski definition) is 3. The summed E-state index contributed by atoms with van der Waals surface area (Å²) in [5, 5.41) is 17.8. The lowest BCUT2D eigenvalue weighted by Crippen LogP contribution is -2.51. The van der Waals surface area contributed by atoms with Crippen LogP contribution in [0.5, 0.6) is 0 Å². The fourth-order valence-electron chi connectivity index (χ4n) is 1.33. The second-order valence-electron chi connectivity index (χ2n) is 3.19. The standard InChI is InChI=1S/C7H13NO3/c8-7(6(10)11)3-1-5(9)2-4-7/h5,9H,1-4,8H2,(H,10,11)/t5-,7+. The summed E-state index contributed by atoms with van der Waals surface area (Å²) in [6.07, 6.45) is 1.41. The van der Waals surface area contributed by atoms with E-state index in [1.807, 2.05) is 0 Å². The molecule has 0 atom stereocenters. The van der Waals surface area contributed by atoms with Crippen molar-refractivity contribution in [3.63, 3.8) is 0 Å². The molecule has 0 saturated heterocycles. The third-order valence-corrected chi connectivity index (χ3v) is 2.27. The number of nitrogens with two attached hydrogens (primary N) is 1. The number of rotatable bonds is 1. The maximum absolute atomic E-state index is 10.6. The molecule has 1 aliphatic rings. The van der Waals surface area contributed by atoms with Crippen molar-refractivity contribution in [2.24, 2.45) is 5.73 Å². The number of carboxylic acids is 1. The van der Waals surface area contributed by atoms with E-state index in [9.17, 15) is 4.79 Å². The Morgan fingerprint density at radius 3 is 2.27 bits per heavy atom. The molecule has 11 heavy (non-hydrogen) atoms. The Bertz CT molecular complexity index is 161. The highest BCUT2D eigenvalue weighted by Gasteiger charge is 2.37. The molecule has 0 aromatic carbocycles. The van der Waals surface area contributed by atoms with Crippen LogP contribution in [0.25, 0.3) is 0 Å². The van der Waals surface area contributed by atoms with Crippen LogP contribution in [-0.2, 0) is 4.79 Å². The topological polar surface area (TPSA) is 83.6 Å². The van der Waals surface area contributed by atoms with Gasteiger partial charge in [0.1, 0.15) is 5.54 Å². The van der Waals surface area contributed by atoms with Gasteiger partial charge in [0.05, 0.1) is 6.10 Å². The van der Waals surface area contributed by atoms with E-state index in [0.29, 0.717) is 25.7 Å². The van der Waals surface area contributed by atoms with E-state index in [1.54, 1.807) is 0 Å². The number of carbonyl (C=O) groups is 1. The quantitative estimate of drug-likeness (QED) is 0.490. The zero-order valence-corrected chi connectivity index (χ0v) is 6.29. The van der Waals surface area contributed by atoms with Gasteiger partial charge in [0.2, 0.25) is 0 Å². The van der Waals surface area contributed by atoms with Gasteiger partial charge in [-0.15, -0.1) is 0 Å². The van der Waals surface area contributed by atoms with E-state index >= 15 is 0 Å². The zero-order chi connectivity index (χ0) is 8.48. The minimum Gasteiger partial charge on any atom is -0.480 e. The fraction of sp³-hybridized carbons (Fsp3) is 0.857. The lowest BCUT2D eigenvalue weighted by molar-refractivity contribution is -0.145. The van der Waals surface area contributed by atoms with E-state index in [4.69, 9.17) is 15.9 Å². The molecule has 4 heteroatoms. The minimum atomic E-state index is -1.08. The molecule has 0 aromatic heterocycles. The summed E-state index contributed by atoms with van der Waals surface area (Å²) in [5.41, 5.74) is 4.47. The normalized spacial score (nSPS) is 38.5. The number of carboxylic acid groups (broad SMARTS) is 1. The highest BCUT2D eigenvalue weighted by molar-refractivity contribution is 5.78.